The number of fused-ring (bicyclic) bond motifs is 1. The minimum atomic E-state index is -0.549. The van der Waals surface area contributed by atoms with Gasteiger partial charge in [0, 0.05) is 23.3 Å². The maximum Gasteiger partial charge on any atom is 0.343 e. The highest BCUT2D eigenvalue weighted by Gasteiger charge is 2.33. The number of esters is 1. The third kappa shape index (κ3) is 4.81. The van der Waals surface area contributed by atoms with Crippen molar-refractivity contribution in [1.82, 2.24) is 0 Å². The normalized spacial score (nSPS) is 14.1. The maximum absolute atomic E-state index is 12.7. The first-order valence-corrected chi connectivity index (χ1v) is 11.0. The zero-order valence-electron chi connectivity index (χ0n) is 19.8. The van der Waals surface area contributed by atoms with E-state index in [1.807, 2.05) is 6.07 Å². The molecule has 0 fully saturated rings. The van der Waals surface area contributed by atoms with Gasteiger partial charge in [-0.25, -0.2) is 4.79 Å². The molecule has 1 aliphatic rings. The molecule has 4 rings (SSSR count). The van der Waals surface area contributed by atoms with Crippen LogP contribution in [0.2, 0.25) is 0 Å². The van der Waals surface area contributed by atoms with Crippen LogP contribution >= 0.6 is 0 Å². The number of methoxy groups -OCH3 is 2. The Kier molecular flexibility index (Phi) is 7.12. The van der Waals surface area contributed by atoms with E-state index >= 15 is 0 Å². The van der Waals surface area contributed by atoms with Gasteiger partial charge in [-0.3, -0.25) is 0 Å². The van der Waals surface area contributed by atoms with E-state index < -0.39 is 11.9 Å². The third-order valence-corrected chi connectivity index (χ3v) is 5.61. The van der Waals surface area contributed by atoms with Gasteiger partial charge >= 0.3 is 5.97 Å². The van der Waals surface area contributed by atoms with Crippen molar-refractivity contribution in [2.24, 2.45) is 5.73 Å². The van der Waals surface area contributed by atoms with E-state index in [4.69, 9.17) is 29.4 Å². The molecule has 8 nitrogen and oxygen atoms in total. The average Bonchev–Trinajstić information content (AvgIpc) is 2.90. The predicted octanol–water partition coefficient (Wildman–Crippen LogP) is 4.71. The number of hydrogen-bond donors (Lipinski definition) is 1. The zero-order valence-corrected chi connectivity index (χ0v) is 19.8. The Labute approximate surface area is 208 Å². The Balaban J connectivity index is 1.64. The summed E-state index contributed by atoms with van der Waals surface area (Å²) in [5.41, 5.74) is 8.10. The second-order valence-electron chi connectivity index (χ2n) is 7.75. The standard InChI is InChI=1S/C28H24N2O6/c1-4-13-34-18-7-5-17(6-8-18)28(31)35-20-10-12-22-25(15-20)36-27(30)23(16-29)26(22)21-11-9-19(32-2)14-24(21)33-3/h4-12,14-15,26H,1,13,30H2,2-3H3. The number of nitrogens with zero attached hydrogens (tertiary/aromatic N) is 1. The van der Waals surface area contributed by atoms with Crippen molar-refractivity contribution in [1.29, 1.82) is 5.26 Å². The van der Waals surface area contributed by atoms with Gasteiger partial charge in [0.05, 0.1) is 25.7 Å². The minimum absolute atomic E-state index is 0.0357. The van der Waals surface area contributed by atoms with Gasteiger partial charge in [0.15, 0.2) is 0 Å². The van der Waals surface area contributed by atoms with E-state index in [0.717, 1.165) is 0 Å². The second-order valence-corrected chi connectivity index (χ2v) is 7.75. The van der Waals surface area contributed by atoms with E-state index in [1.165, 1.54) is 7.11 Å². The van der Waals surface area contributed by atoms with Crippen LogP contribution < -0.4 is 29.4 Å². The number of hydrogen-bond acceptors (Lipinski definition) is 8. The summed E-state index contributed by atoms with van der Waals surface area (Å²) in [5.74, 6) is 1.26. The van der Waals surface area contributed by atoms with E-state index in [0.29, 0.717) is 46.3 Å². The lowest BCUT2D eigenvalue weighted by molar-refractivity contribution is 0.0734. The topological polar surface area (TPSA) is 113 Å². The summed E-state index contributed by atoms with van der Waals surface area (Å²) in [7, 11) is 3.10. The molecule has 0 amide bonds. The highest BCUT2D eigenvalue weighted by atomic mass is 16.5. The summed E-state index contributed by atoms with van der Waals surface area (Å²) in [5, 5.41) is 9.83. The fourth-order valence-corrected chi connectivity index (χ4v) is 3.88. The van der Waals surface area contributed by atoms with Gasteiger partial charge in [0.2, 0.25) is 5.88 Å². The van der Waals surface area contributed by atoms with Crippen molar-refractivity contribution in [2.45, 2.75) is 5.92 Å². The summed E-state index contributed by atoms with van der Waals surface area (Å²) in [6.45, 7) is 3.97. The molecule has 0 aliphatic carbocycles. The molecule has 3 aromatic rings. The molecule has 36 heavy (non-hydrogen) atoms. The molecule has 1 atom stereocenters. The smallest absolute Gasteiger partial charge is 0.343 e. The van der Waals surface area contributed by atoms with Crippen molar-refractivity contribution in [3.63, 3.8) is 0 Å². The first kappa shape index (κ1) is 24.2. The molecule has 0 aromatic heterocycles. The van der Waals surface area contributed by atoms with Crippen LogP contribution in [0.5, 0.6) is 28.7 Å². The lowest BCUT2D eigenvalue weighted by atomic mass is 9.83. The predicted molar refractivity (Wildman–Crippen MR) is 132 cm³/mol. The maximum atomic E-state index is 12.7. The van der Waals surface area contributed by atoms with Gasteiger partial charge in [-0.2, -0.15) is 5.26 Å². The summed E-state index contributed by atoms with van der Waals surface area (Å²) in [4.78, 5) is 12.7. The Morgan fingerprint density at radius 3 is 2.39 bits per heavy atom. The lowest BCUT2D eigenvalue weighted by Crippen LogP contribution is -2.21. The molecular weight excluding hydrogens is 460 g/mol. The highest BCUT2D eigenvalue weighted by molar-refractivity contribution is 5.91. The number of benzene rings is 3. The van der Waals surface area contributed by atoms with Crippen LogP contribution in [0, 0.1) is 11.3 Å². The quantitative estimate of drug-likeness (QED) is 0.278. The lowest BCUT2D eigenvalue weighted by Gasteiger charge is -2.27. The van der Waals surface area contributed by atoms with Gasteiger partial charge in [0.1, 0.15) is 47.0 Å². The molecule has 0 saturated heterocycles. The molecule has 182 valence electrons. The summed E-state index contributed by atoms with van der Waals surface area (Å²) in [6, 6.07) is 19.0. The Morgan fingerprint density at radius 1 is 1.03 bits per heavy atom. The van der Waals surface area contributed by atoms with Crippen LogP contribution in [0.1, 0.15) is 27.4 Å². The monoisotopic (exact) mass is 484 g/mol. The van der Waals surface area contributed by atoms with Gasteiger partial charge < -0.3 is 29.4 Å². The molecule has 3 aromatic carbocycles. The number of carbonyl (C=O) groups is 1. The number of allylic oxidation sites excluding steroid dienone is 1. The molecule has 0 spiro atoms. The van der Waals surface area contributed by atoms with E-state index in [9.17, 15) is 10.1 Å². The minimum Gasteiger partial charge on any atom is -0.497 e. The summed E-state index contributed by atoms with van der Waals surface area (Å²) < 4.78 is 27.6. The van der Waals surface area contributed by atoms with Gasteiger partial charge in [0.25, 0.3) is 0 Å². The fourth-order valence-electron chi connectivity index (χ4n) is 3.88. The van der Waals surface area contributed by atoms with E-state index in [1.54, 1.807) is 67.8 Å². The second kappa shape index (κ2) is 10.6. The number of nitriles is 1. The molecule has 0 saturated carbocycles. The molecule has 2 N–H and O–H groups in total. The van der Waals surface area contributed by atoms with Crippen LogP contribution in [0.15, 0.2) is 84.8 Å². The van der Waals surface area contributed by atoms with Gasteiger partial charge in [-0.1, -0.05) is 24.8 Å². The molecular formula is C28H24N2O6. The van der Waals surface area contributed by atoms with Crippen molar-refractivity contribution in [3.8, 4) is 34.8 Å². The first-order chi connectivity index (χ1) is 17.5. The van der Waals surface area contributed by atoms with Crippen LogP contribution in [0.25, 0.3) is 0 Å². The molecule has 1 heterocycles. The zero-order chi connectivity index (χ0) is 25.7. The van der Waals surface area contributed by atoms with Gasteiger partial charge in [-0.05, 0) is 36.4 Å². The SMILES string of the molecule is C=CCOc1ccc(C(=O)Oc2ccc3c(c2)OC(N)=C(C#N)C3c2ccc(OC)cc2OC)cc1. The van der Waals surface area contributed by atoms with Crippen molar-refractivity contribution in [3.05, 3.63) is 101 Å². The fraction of sp³-hybridized carbons (Fsp3) is 0.143. The van der Waals surface area contributed by atoms with Crippen LogP contribution in [-0.4, -0.2) is 26.8 Å². The Bertz CT molecular complexity index is 1370. The van der Waals surface area contributed by atoms with Crippen LogP contribution in [0.4, 0.5) is 0 Å². The number of carbonyl (C=O) groups excluding carboxylic acids is 1. The van der Waals surface area contributed by atoms with Crippen LogP contribution in [-0.2, 0) is 0 Å². The molecule has 8 heteroatoms. The average molecular weight is 485 g/mol. The highest BCUT2D eigenvalue weighted by Crippen LogP contribution is 2.46. The summed E-state index contributed by atoms with van der Waals surface area (Å²) >= 11 is 0. The van der Waals surface area contributed by atoms with Crippen molar-refractivity contribution in [2.75, 3.05) is 20.8 Å². The van der Waals surface area contributed by atoms with Crippen LogP contribution in [0.3, 0.4) is 0 Å². The molecule has 1 aliphatic heterocycles. The van der Waals surface area contributed by atoms with Crippen molar-refractivity contribution >= 4 is 5.97 Å². The third-order valence-electron chi connectivity index (χ3n) is 5.61. The molecule has 0 radical (unpaired) electrons. The number of rotatable bonds is 8. The first-order valence-electron chi connectivity index (χ1n) is 11.0. The van der Waals surface area contributed by atoms with E-state index in [-0.39, 0.29) is 17.2 Å². The van der Waals surface area contributed by atoms with Gasteiger partial charge in [-0.15, -0.1) is 0 Å². The van der Waals surface area contributed by atoms with Crippen molar-refractivity contribution < 1.29 is 28.5 Å². The van der Waals surface area contributed by atoms with E-state index in [2.05, 4.69) is 12.6 Å². The molecule has 1 unspecified atom stereocenters. The Morgan fingerprint density at radius 2 is 1.72 bits per heavy atom. The number of ether oxygens (including phenoxy) is 5. The largest absolute Gasteiger partial charge is 0.497 e. The Hall–Kier alpha value is -4.90. The molecule has 0 bridgehead atoms. The summed E-state index contributed by atoms with van der Waals surface area (Å²) in [6.07, 6.45) is 1.64. The number of nitrogens with two attached hydrogens (primary N) is 1.